The van der Waals surface area contributed by atoms with Crippen molar-refractivity contribution in [2.75, 3.05) is 31.1 Å². The Morgan fingerprint density at radius 2 is 2.00 bits per heavy atom. The van der Waals surface area contributed by atoms with Gasteiger partial charge in [-0.1, -0.05) is 0 Å². The Labute approximate surface area is 194 Å². The molecule has 1 aromatic carbocycles. The third kappa shape index (κ3) is 4.20. The van der Waals surface area contributed by atoms with Crippen molar-refractivity contribution >= 4 is 17.5 Å². The van der Waals surface area contributed by atoms with Crippen molar-refractivity contribution in [3.63, 3.8) is 0 Å². The van der Waals surface area contributed by atoms with E-state index in [9.17, 15) is 22.8 Å². The van der Waals surface area contributed by atoms with Crippen LogP contribution >= 0.6 is 0 Å². The Hall–Kier alpha value is -3.55. The molecule has 1 atom stereocenters. The highest BCUT2D eigenvalue weighted by atomic mass is 19.4. The fourth-order valence-corrected chi connectivity index (χ4v) is 5.11. The van der Waals surface area contributed by atoms with Crippen molar-refractivity contribution in [2.24, 2.45) is 17.1 Å². The van der Waals surface area contributed by atoms with Crippen LogP contribution in [0.25, 0.3) is 0 Å². The molecule has 2 aliphatic rings. The number of anilines is 1. The predicted molar refractivity (Wildman–Crippen MR) is 117 cm³/mol. The summed E-state index contributed by atoms with van der Waals surface area (Å²) in [5, 5.41) is 13.2. The highest BCUT2D eigenvalue weighted by molar-refractivity contribution is 5.93. The third-order valence-electron chi connectivity index (χ3n) is 7.04. The van der Waals surface area contributed by atoms with Crippen molar-refractivity contribution < 1.29 is 22.8 Å². The zero-order valence-electron chi connectivity index (χ0n) is 18.7. The smallest absolute Gasteiger partial charge is 0.370 e. The standard InChI is InChI=1S/C23H25F3N6O2/c1-2-32-12-16(11-29-32)21(34)30-7-5-22(6-8-30)14-31(13-19(22)20(28)33)17-4-3-15(10-27)18(9-17)23(24,25)26/h3-4,9,11-12,19H,2,5-8,13-14H2,1H3,(H2,28,33). The number of benzene rings is 1. The molecule has 1 aromatic heterocycles. The molecule has 2 aromatic rings. The molecule has 11 heteroatoms. The first kappa shape index (κ1) is 23.6. The van der Waals surface area contributed by atoms with Gasteiger partial charge in [0.15, 0.2) is 0 Å². The van der Waals surface area contributed by atoms with E-state index in [2.05, 4.69) is 5.10 Å². The van der Waals surface area contributed by atoms with Crippen molar-refractivity contribution in [1.29, 1.82) is 5.26 Å². The largest absolute Gasteiger partial charge is 0.417 e. The SMILES string of the molecule is CCn1cc(C(=O)N2CCC3(CC2)CN(c2ccc(C#N)c(C(F)(F)F)c2)CC3C(N)=O)cn1. The molecule has 0 aliphatic carbocycles. The molecule has 8 nitrogen and oxygen atoms in total. The van der Waals surface area contributed by atoms with E-state index >= 15 is 0 Å². The number of primary amides is 1. The number of aryl methyl sites for hydroxylation is 1. The summed E-state index contributed by atoms with van der Waals surface area (Å²) in [6, 6.07) is 5.16. The molecule has 4 rings (SSSR count). The van der Waals surface area contributed by atoms with Gasteiger partial charge in [-0.2, -0.15) is 23.5 Å². The maximum absolute atomic E-state index is 13.5. The summed E-state index contributed by atoms with van der Waals surface area (Å²) in [6.45, 7) is 3.93. The second kappa shape index (κ2) is 8.66. The zero-order chi connectivity index (χ0) is 24.7. The Bertz CT molecular complexity index is 1140. The van der Waals surface area contributed by atoms with Gasteiger partial charge >= 0.3 is 6.18 Å². The summed E-state index contributed by atoms with van der Waals surface area (Å²) >= 11 is 0. The summed E-state index contributed by atoms with van der Waals surface area (Å²) in [4.78, 5) is 28.6. The van der Waals surface area contributed by atoms with Crippen LogP contribution in [0.5, 0.6) is 0 Å². The number of aromatic nitrogens is 2. The lowest BCUT2D eigenvalue weighted by atomic mass is 9.70. The van der Waals surface area contributed by atoms with Gasteiger partial charge in [0.1, 0.15) is 0 Å². The molecule has 1 unspecified atom stereocenters. The number of nitriles is 1. The summed E-state index contributed by atoms with van der Waals surface area (Å²) < 4.78 is 42.0. The first-order chi connectivity index (χ1) is 16.1. The predicted octanol–water partition coefficient (Wildman–Crippen LogP) is 2.64. The number of carbonyl (C=O) groups excluding carboxylic acids is 2. The van der Waals surface area contributed by atoms with Crippen LogP contribution in [0.15, 0.2) is 30.6 Å². The van der Waals surface area contributed by atoms with E-state index in [-0.39, 0.29) is 12.5 Å². The van der Waals surface area contributed by atoms with E-state index in [0.29, 0.717) is 50.3 Å². The summed E-state index contributed by atoms with van der Waals surface area (Å²) in [7, 11) is 0. The lowest BCUT2D eigenvalue weighted by Crippen LogP contribution is -2.49. The number of rotatable bonds is 4. The van der Waals surface area contributed by atoms with Crippen LogP contribution in [-0.4, -0.2) is 52.7 Å². The van der Waals surface area contributed by atoms with Crippen LogP contribution in [0.2, 0.25) is 0 Å². The van der Waals surface area contributed by atoms with Crippen molar-refractivity contribution in [1.82, 2.24) is 14.7 Å². The number of alkyl halides is 3. The van der Waals surface area contributed by atoms with Gasteiger partial charge in [0.25, 0.3) is 5.91 Å². The second-order valence-corrected chi connectivity index (χ2v) is 8.91. The molecule has 1 spiro atoms. The maximum atomic E-state index is 13.5. The average Bonchev–Trinajstić information content (AvgIpc) is 3.43. The monoisotopic (exact) mass is 474 g/mol. The average molecular weight is 474 g/mol. The van der Waals surface area contributed by atoms with Crippen molar-refractivity contribution in [2.45, 2.75) is 32.5 Å². The van der Waals surface area contributed by atoms with Crippen LogP contribution in [0, 0.1) is 22.7 Å². The molecular formula is C23H25F3N6O2. The molecule has 2 N–H and O–H groups in total. The van der Waals surface area contributed by atoms with Gasteiger partial charge in [-0.3, -0.25) is 14.3 Å². The molecule has 0 saturated carbocycles. The Balaban J connectivity index is 1.54. The summed E-state index contributed by atoms with van der Waals surface area (Å²) in [6.07, 6.45) is -0.429. The van der Waals surface area contributed by atoms with Crippen LogP contribution in [0.1, 0.15) is 41.3 Å². The lowest BCUT2D eigenvalue weighted by Gasteiger charge is -2.41. The van der Waals surface area contributed by atoms with Gasteiger partial charge in [0.2, 0.25) is 5.91 Å². The van der Waals surface area contributed by atoms with E-state index < -0.39 is 34.5 Å². The van der Waals surface area contributed by atoms with Gasteiger partial charge in [0.05, 0.1) is 34.9 Å². The van der Waals surface area contributed by atoms with E-state index in [1.807, 2.05) is 6.92 Å². The number of carbonyl (C=O) groups is 2. The number of nitrogens with two attached hydrogens (primary N) is 1. The fourth-order valence-electron chi connectivity index (χ4n) is 5.11. The maximum Gasteiger partial charge on any atom is 0.417 e. The minimum Gasteiger partial charge on any atom is -0.370 e. The first-order valence-electron chi connectivity index (χ1n) is 11.1. The number of nitrogens with zero attached hydrogens (tertiary/aromatic N) is 5. The number of halogens is 3. The number of piperidine rings is 1. The van der Waals surface area contributed by atoms with E-state index in [0.717, 1.165) is 12.1 Å². The van der Waals surface area contributed by atoms with Gasteiger partial charge in [-0.05, 0) is 38.0 Å². The van der Waals surface area contributed by atoms with Crippen LogP contribution < -0.4 is 10.6 Å². The van der Waals surface area contributed by atoms with Crippen molar-refractivity contribution in [3.05, 3.63) is 47.3 Å². The highest BCUT2D eigenvalue weighted by Crippen LogP contribution is 2.47. The molecule has 0 bridgehead atoms. The van der Waals surface area contributed by atoms with Gasteiger partial charge < -0.3 is 15.5 Å². The molecule has 0 radical (unpaired) electrons. The zero-order valence-corrected chi connectivity index (χ0v) is 18.7. The minimum atomic E-state index is -4.67. The van der Waals surface area contributed by atoms with Crippen LogP contribution in [-0.2, 0) is 17.5 Å². The minimum absolute atomic E-state index is 0.137. The number of likely N-dealkylation sites (tertiary alicyclic amines) is 1. The number of amides is 2. The normalized spacial score (nSPS) is 19.9. The number of hydrogen-bond acceptors (Lipinski definition) is 5. The number of hydrogen-bond donors (Lipinski definition) is 1. The third-order valence-corrected chi connectivity index (χ3v) is 7.04. The second-order valence-electron chi connectivity index (χ2n) is 8.91. The van der Waals surface area contributed by atoms with Gasteiger partial charge in [0, 0.05) is 50.0 Å². The first-order valence-corrected chi connectivity index (χ1v) is 11.1. The molecule has 34 heavy (non-hydrogen) atoms. The molecule has 2 fully saturated rings. The molecular weight excluding hydrogens is 449 g/mol. The van der Waals surface area contributed by atoms with E-state index in [1.54, 1.807) is 26.7 Å². The van der Waals surface area contributed by atoms with E-state index in [4.69, 9.17) is 11.0 Å². The molecule has 2 amide bonds. The van der Waals surface area contributed by atoms with Crippen molar-refractivity contribution in [3.8, 4) is 6.07 Å². The quantitative estimate of drug-likeness (QED) is 0.733. The molecule has 180 valence electrons. The Morgan fingerprint density at radius 1 is 1.29 bits per heavy atom. The summed E-state index contributed by atoms with van der Waals surface area (Å²) in [5.41, 5.74) is 4.51. The topological polar surface area (TPSA) is 108 Å². The van der Waals surface area contributed by atoms with Crippen LogP contribution in [0.4, 0.5) is 18.9 Å². The summed E-state index contributed by atoms with van der Waals surface area (Å²) in [5.74, 6) is -1.20. The highest BCUT2D eigenvalue weighted by Gasteiger charge is 2.51. The van der Waals surface area contributed by atoms with Gasteiger partial charge in [-0.25, -0.2) is 0 Å². The van der Waals surface area contributed by atoms with Gasteiger partial charge in [-0.15, -0.1) is 0 Å². The lowest BCUT2D eigenvalue weighted by molar-refractivity contribution is -0.137. The Kier molecular flexibility index (Phi) is 6.02. The van der Waals surface area contributed by atoms with Crippen LogP contribution in [0.3, 0.4) is 0 Å². The fraction of sp³-hybridized carbons (Fsp3) is 0.478. The Morgan fingerprint density at radius 3 is 2.56 bits per heavy atom. The molecule has 2 aliphatic heterocycles. The van der Waals surface area contributed by atoms with E-state index in [1.165, 1.54) is 12.3 Å². The molecule has 3 heterocycles. The molecule has 2 saturated heterocycles.